The molecule has 2 N–H and O–H groups in total. The molecule has 1 unspecified atom stereocenters. The molecule has 0 radical (unpaired) electrons. The van der Waals surface area contributed by atoms with Gasteiger partial charge in [-0.05, 0) is 35.9 Å². The summed E-state index contributed by atoms with van der Waals surface area (Å²) in [7, 11) is 1.26. The van der Waals surface area contributed by atoms with Crippen molar-refractivity contribution in [3.05, 3.63) is 57.7 Å². The van der Waals surface area contributed by atoms with E-state index in [1.54, 1.807) is 12.1 Å². The average molecular weight is 328 g/mol. The first kappa shape index (κ1) is 13.8. The molecule has 6 heteroatoms. The van der Waals surface area contributed by atoms with Crippen molar-refractivity contribution in [2.75, 3.05) is 7.11 Å². The van der Waals surface area contributed by atoms with E-state index in [9.17, 15) is 9.18 Å². The van der Waals surface area contributed by atoms with Crippen LogP contribution in [0.5, 0.6) is 0 Å². The fraction of sp³-hybridized carbons (Fsp3) is 0.154. The Bertz CT molecular complexity index is 612. The molecule has 1 atom stereocenters. The normalized spacial score (nSPS) is 12.2. The fourth-order valence-electron chi connectivity index (χ4n) is 1.64. The van der Waals surface area contributed by atoms with Crippen molar-refractivity contribution in [1.29, 1.82) is 0 Å². The minimum atomic E-state index is -0.677. The van der Waals surface area contributed by atoms with Gasteiger partial charge in [-0.3, -0.25) is 0 Å². The van der Waals surface area contributed by atoms with Crippen molar-refractivity contribution in [3.8, 4) is 0 Å². The number of methoxy groups -OCH3 is 1. The first-order valence-corrected chi connectivity index (χ1v) is 6.21. The minimum absolute atomic E-state index is 0.0560. The van der Waals surface area contributed by atoms with Crippen LogP contribution in [0.2, 0.25) is 0 Å². The molecule has 100 valence electrons. The van der Waals surface area contributed by atoms with Gasteiger partial charge in [0, 0.05) is 4.47 Å². The van der Waals surface area contributed by atoms with Crippen molar-refractivity contribution in [1.82, 2.24) is 0 Å². The Kier molecular flexibility index (Phi) is 4.01. The monoisotopic (exact) mass is 327 g/mol. The predicted molar refractivity (Wildman–Crippen MR) is 70.2 cm³/mol. The van der Waals surface area contributed by atoms with Crippen LogP contribution in [0.3, 0.4) is 0 Å². The molecule has 0 aliphatic rings. The summed E-state index contributed by atoms with van der Waals surface area (Å²) in [5.41, 5.74) is 6.53. The standard InChI is InChI=1S/C13H11BrFNO3/c1-18-13(17)11-5-4-10(19-11)12(16)8-6-7(15)2-3-9(8)14/h2-6,12H,16H2,1H3. The van der Waals surface area contributed by atoms with Crippen molar-refractivity contribution in [2.24, 2.45) is 5.73 Å². The number of hydrogen-bond acceptors (Lipinski definition) is 4. The molecule has 0 saturated carbocycles. The van der Waals surface area contributed by atoms with Crippen LogP contribution in [0.1, 0.15) is 27.9 Å². The Morgan fingerprint density at radius 2 is 2.16 bits per heavy atom. The number of hydrogen-bond donors (Lipinski definition) is 1. The third-order valence-corrected chi connectivity index (χ3v) is 3.34. The van der Waals surface area contributed by atoms with Gasteiger partial charge in [0.15, 0.2) is 0 Å². The van der Waals surface area contributed by atoms with E-state index in [1.807, 2.05) is 0 Å². The lowest BCUT2D eigenvalue weighted by Crippen LogP contribution is -2.12. The van der Waals surface area contributed by atoms with Gasteiger partial charge in [-0.1, -0.05) is 15.9 Å². The number of furan rings is 1. The molecule has 0 saturated heterocycles. The SMILES string of the molecule is COC(=O)c1ccc(C(N)c2cc(F)ccc2Br)o1. The third kappa shape index (κ3) is 2.85. The van der Waals surface area contributed by atoms with Gasteiger partial charge < -0.3 is 14.9 Å². The number of halogens is 2. The van der Waals surface area contributed by atoms with Gasteiger partial charge in [0.25, 0.3) is 0 Å². The largest absolute Gasteiger partial charge is 0.463 e. The first-order chi connectivity index (χ1) is 9.02. The summed E-state index contributed by atoms with van der Waals surface area (Å²) in [6.07, 6.45) is 0. The molecular weight excluding hydrogens is 317 g/mol. The summed E-state index contributed by atoms with van der Waals surface area (Å²) < 4.78 is 23.7. The fourth-order valence-corrected chi connectivity index (χ4v) is 2.13. The highest BCUT2D eigenvalue weighted by molar-refractivity contribution is 9.10. The molecule has 0 aliphatic heterocycles. The first-order valence-electron chi connectivity index (χ1n) is 5.41. The van der Waals surface area contributed by atoms with Crippen molar-refractivity contribution in [3.63, 3.8) is 0 Å². The van der Waals surface area contributed by atoms with Crippen molar-refractivity contribution < 1.29 is 18.3 Å². The van der Waals surface area contributed by atoms with E-state index in [1.165, 1.54) is 25.3 Å². The maximum atomic E-state index is 13.2. The molecule has 0 bridgehead atoms. The highest BCUT2D eigenvalue weighted by atomic mass is 79.9. The van der Waals surface area contributed by atoms with Gasteiger partial charge in [-0.25, -0.2) is 9.18 Å². The zero-order valence-corrected chi connectivity index (χ0v) is 11.6. The lowest BCUT2D eigenvalue weighted by atomic mass is 10.1. The van der Waals surface area contributed by atoms with Crippen LogP contribution in [0.4, 0.5) is 4.39 Å². The number of carbonyl (C=O) groups is 1. The Morgan fingerprint density at radius 1 is 1.42 bits per heavy atom. The van der Waals surface area contributed by atoms with Crippen LogP contribution in [-0.2, 0) is 4.74 Å². The number of esters is 1. The van der Waals surface area contributed by atoms with Gasteiger partial charge >= 0.3 is 5.97 Å². The van der Waals surface area contributed by atoms with Gasteiger partial charge in [0.2, 0.25) is 5.76 Å². The van der Waals surface area contributed by atoms with Gasteiger partial charge in [-0.2, -0.15) is 0 Å². The van der Waals surface area contributed by atoms with E-state index in [-0.39, 0.29) is 5.76 Å². The molecule has 1 heterocycles. The average Bonchev–Trinajstić information content (AvgIpc) is 2.89. The van der Waals surface area contributed by atoms with Gasteiger partial charge in [-0.15, -0.1) is 0 Å². The van der Waals surface area contributed by atoms with E-state index in [2.05, 4.69) is 20.7 Å². The molecule has 0 aliphatic carbocycles. The molecular formula is C13H11BrFNO3. The van der Waals surface area contributed by atoms with Crippen LogP contribution >= 0.6 is 15.9 Å². The second-order valence-corrected chi connectivity index (χ2v) is 4.69. The summed E-state index contributed by atoms with van der Waals surface area (Å²) in [6, 6.07) is 6.55. The lowest BCUT2D eigenvalue weighted by Gasteiger charge is -2.11. The molecule has 0 fully saturated rings. The smallest absolute Gasteiger partial charge is 0.373 e. The molecule has 19 heavy (non-hydrogen) atoms. The van der Waals surface area contributed by atoms with Crippen LogP contribution in [0.25, 0.3) is 0 Å². The van der Waals surface area contributed by atoms with Crippen molar-refractivity contribution >= 4 is 21.9 Å². The molecule has 2 aromatic rings. The molecule has 1 aromatic heterocycles. The number of rotatable bonds is 3. The zero-order valence-electron chi connectivity index (χ0n) is 10.0. The summed E-state index contributed by atoms with van der Waals surface area (Å²) in [6.45, 7) is 0. The third-order valence-electron chi connectivity index (χ3n) is 2.61. The summed E-state index contributed by atoms with van der Waals surface area (Å²) in [4.78, 5) is 11.3. The van der Waals surface area contributed by atoms with E-state index in [0.29, 0.717) is 15.8 Å². The molecule has 0 spiro atoms. The maximum Gasteiger partial charge on any atom is 0.373 e. The second kappa shape index (κ2) is 5.54. The van der Waals surface area contributed by atoms with Crippen LogP contribution in [0.15, 0.2) is 39.2 Å². The van der Waals surface area contributed by atoms with Crippen LogP contribution in [-0.4, -0.2) is 13.1 Å². The van der Waals surface area contributed by atoms with Crippen LogP contribution < -0.4 is 5.73 Å². The second-order valence-electron chi connectivity index (χ2n) is 3.84. The van der Waals surface area contributed by atoms with E-state index in [0.717, 1.165) is 0 Å². The Labute approximate surface area is 117 Å². The Morgan fingerprint density at radius 3 is 2.84 bits per heavy atom. The van der Waals surface area contributed by atoms with E-state index in [4.69, 9.17) is 10.2 Å². The van der Waals surface area contributed by atoms with Crippen LogP contribution in [0, 0.1) is 5.82 Å². The maximum absolute atomic E-state index is 13.2. The summed E-state index contributed by atoms with van der Waals surface area (Å²) in [5.74, 6) is -0.572. The van der Waals surface area contributed by atoms with Crippen molar-refractivity contribution in [2.45, 2.75) is 6.04 Å². The topological polar surface area (TPSA) is 65.5 Å². The Balaban J connectivity index is 2.33. The van der Waals surface area contributed by atoms with Gasteiger partial charge in [0.05, 0.1) is 13.2 Å². The summed E-state index contributed by atoms with van der Waals surface area (Å²) >= 11 is 3.30. The molecule has 4 nitrogen and oxygen atoms in total. The molecule has 2 rings (SSSR count). The predicted octanol–water partition coefficient (Wildman–Crippen LogP) is 3.02. The number of benzene rings is 1. The lowest BCUT2D eigenvalue weighted by molar-refractivity contribution is 0.0562. The van der Waals surface area contributed by atoms with E-state index >= 15 is 0 Å². The minimum Gasteiger partial charge on any atom is -0.463 e. The quantitative estimate of drug-likeness (QED) is 0.880. The zero-order chi connectivity index (χ0) is 14.0. The number of ether oxygens (including phenoxy) is 1. The molecule has 1 aromatic carbocycles. The number of nitrogens with two attached hydrogens (primary N) is 1. The highest BCUT2D eigenvalue weighted by Gasteiger charge is 2.19. The van der Waals surface area contributed by atoms with E-state index < -0.39 is 17.8 Å². The highest BCUT2D eigenvalue weighted by Crippen LogP contribution is 2.28. The molecule has 0 amide bonds. The Hall–Kier alpha value is -1.66. The summed E-state index contributed by atoms with van der Waals surface area (Å²) in [5, 5.41) is 0. The van der Waals surface area contributed by atoms with Gasteiger partial charge in [0.1, 0.15) is 11.6 Å². The number of carbonyl (C=O) groups excluding carboxylic acids is 1.